The number of carbonyl (C=O) groups excluding carboxylic acids is 1. The van der Waals surface area contributed by atoms with Gasteiger partial charge in [-0.15, -0.1) is 0 Å². The van der Waals surface area contributed by atoms with Crippen molar-refractivity contribution in [2.75, 3.05) is 6.61 Å². The molecule has 0 fully saturated rings. The van der Waals surface area contributed by atoms with E-state index in [9.17, 15) is 4.79 Å². The maximum Gasteiger partial charge on any atom is 0.155 e. The number of ketones is 1. The Hall–Kier alpha value is -1.41. The first kappa shape index (κ1) is 11.7. The molecule has 0 bridgehead atoms. The summed E-state index contributed by atoms with van der Waals surface area (Å²) >= 11 is 0. The molecule has 0 saturated carbocycles. The molecule has 0 aliphatic heterocycles. The molecule has 1 rings (SSSR count). The van der Waals surface area contributed by atoms with Crippen molar-refractivity contribution < 1.29 is 9.53 Å². The topological polar surface area (TPSA) is 26.3 Å². The molecule has 0 amide bonds. The van der Waals surface area contributed by atoms with E-state index < -0.39 is 0 Å². The summed E-state index contributed by atoms with van der Waals surface area (Å²) in [5, 5.41) is 0. The van der Waals surface area contributed by atoms with Crippen molar-refractivity contribution in [3.8, 4) is 0 Å². The van der Waals surface area contributed by atoms with Gasteiger partial charge in [0.2, 0.25) is 0 Å². The minimum absolute atomic E-state index is 0.137. The number of allylic oxidation sites excluding steroid dienone is 1. The van der Waals surface area contributed by atoms with E-state index in [1.165, 1.54) is 0 Å². The van der Waals surface area contributed by atoms with E-state index in [2.05, 4.69) is 0 Å². The van der Waals surface area contributed by atoms with E-state index in [1.54, 1.807) is 12.2 Å². The molecule has 2 nitrogen and oxygen atoms in total. The Kier molecular flexibility index (Phi) is 5.41. The number of hydrogen-bond acceptors (Lipinski definition) is 2. The lowest BCUT2D eigenvalue weighted by Gasteiger charge is -2.00. The van der Waals surface area contributed by atoms with Gasteiger partial charge in [0, 0.05) is 6.42 Å². The van der Waals surface area contributed by atoms with Gasteiger partial charge >= 0.3 is 0 Å². The van der Waals surface area contributed by atoms with Crippen molar-refractivity contribution in [1.29, 1.82) is 0 Å². The van der Waals surface area contributed by atoms with Gasteiger partial charge in [-0.3, -0.25) is 4.79 Å². The molecule has 80 valence electrons. The first-order chi connectivity index (χ1) is 7.33. The van der Waals surface area contributed by atoms with Crippen LogP contribution in [0.5, 0.6) is 0 Å². The van der Waals surface area contributed by atoms with Gasteiger partial charge in [-0.2, -0.15) is 0 Å². The van der Waals surface area contributed by atoms with E-state index in [0.29, 0.717) is 19.6 Å². The standard InChI is InChI=1S/C13H16O2/c1-2-13(14)9-6-10-15-11-12-7-4-3-5-8-12/h3-9H,2,10-11H2,1H3/b9-6+. The van der Waals surface area contributed by atoms with E-state index in [1.807, 2.05) is 37.3 Å². The Labute approximate surface area is 90.6 Å². The average molecular weight is 204 g/mol. The first-order valence-corrected chi connectivity index (χ1v) is 5.14. The third-order valence-electron chi connectivity index (χ3n) is 1.98. The molecule has 0 heterocycles. The first-order valence-electron chi connectivity index (χ1n) is 5.14. The number of hydrogen-bond donors (Lipinski definition) is 0. The summed E-state index contributed by atoms with van der Waals surface area (Å²) in [6.07, 6.45) is 3.88. The SMILES string of the molecule is CCC(=O)/C=C/COCc1ccccc1. The maximum atomic E-state index is 10.9. The zero-order chi connectivity index (χ0) is 10.9. The van der Waals surface area contributed by atoms with Gasteiger partial charge in [-0.25, -0.2) is 0 Å². The highest BCUT2D eigenvalue weighted by atomic mass is 16.5. The maximum absolute atomic E-state index is 10.9. The second-order valence-electron chi connectivity index (χ2n) is 3.22. The second-order valence-corrected chi connectivity index (χ2v) is 3.22. The fraction of sp³-hybridized carbons (Fsp3) is 0.308. The predicted octanol–water partition coefficient (Wildman–Crippen LogP) is 2.74. The largest absolute Gasteiger partial charge is 0.373 e. The van der Waals surface area contributed by atoms with Gasteiger partial charge in [-0.05, 0) is 11.6 Å². The van der Waals surface area contributed by atoms with Crippen LogP contribution in [0.4, 0.5) is 0 Å². The second kappa shape index (κ2) is 6.96. The summed E-state index contributed by atoms with van der Waals surface area (Å²) in [6, 6.07) is 9.97. The van der Waals surface area contributed by atoms with Gasteiger partial charge < -0.3 is 4.74 Å². The van der Waals surface area contributed by atoms with Crippen LogP contribution in [0.3, 0.4) is 0 Å². The molecular formula is C13H16O2. The van der Waals surface area contributed by atoms with E-state index in [0.717, 1.165) is 5.56 Å². The van der Waals surface area contributed by atoms with Gasteiger partial charge in [0.15, 0.2) is 5.78 Å². The molecule has 2 heteroatoms. The lowest BCUT2D eigenvalue weighted by Crippen LogP contribution is -1.94. The van der Waals surface area contributed by atoms with Crippen molar-refractivity contribution >= 4 is 5.78 Å². The minimum atomic E-state index is 0.137. The van der Waals surface area contributed by atoms with Crippen molar-refractivity contribution in [1.82, 2.24) is 0 Å². The molecule has 0 spiro atoms. The fourth-order valence-electron chi connectivity index (χ4n) is 1.12. The van der Waals surface area contributed by atoms with Crippen LogP contribution < -0.4 is 0 Å². The third kappa shape index (κ3) is 5.13. The molecule has 0 N–H and O–H groups in total. The quantitative estimate of drug-likeness (QED) is 0.526. The molecule has 0 unspecified atom stereocenters. The Morgan fingerprint density at radius 3 is 2.73 bits per heavy atom. The Morgan fingerprint density at radius 2 is 2.07 bits per heavy atom. The summed E-state index contributed by atoms with van der Waals surface area (Å²) in [7, 11) is 0. The molecule has 0 aliphatic carbocycles. The Bertz CT molecular complexity index is 315. The van der Waals surface area contributed by atoms with Gasteiger partial charge in [-0.1, -0.05) is 43.3 Å². The lowest BCUT2D eigenvalue weighted by atomic mass is 10.2. The van der Waals surface area contributed by atoms with Gasteiger partial charge in [0.25, 0.3) is 0 Å². The third-order valence-corrected chi connectivity index (χ3v) is 1.98. The van der Waals surface area contributed by atoms with Crippen LogP contribution in [0, 0.1) is 0 Å². The van der Waals surface area contributed by atoms with E-state index in [4.69, 9.17) is 4.74 Å². The highest BCUT2D eigenvalue weighted by molar-refractivity contribution is 5.89. The Morgan fingerprint density at radius 1 is 1.33 bits per heavy atom. The highest BCUT2D eigenvalue weighted by Crippen LogP contribution is 2.00. The summed E-state index contributed by atoms with van der Waals surface area (Å²) in [5.41, 5.74) is 1.15. The van der Waals surface area contributed by atoms with Crippen molar-refractivity contribution in [3.05, 3.63) is 48.0 Å². The van der Waals surface area contributed by atoms with Crippen LogP contribution in [0.1, 0.15) is 18.9 Å². The van der Waals surface area contributed by atoms with E-state index >= 15 is 0 Å². The van der Waals surface area contributed by atoms with Crippen molar-refractivity contribution in [2.24, 2.45) is 0 Å². The molecule has 0 saturated heterocycles. The summed E-state index contributed by atoms with van der Waals surface area (Å²) in [5.74, 6) is 0.137. The predicted molar refractivity (Wildman–Crippen MR) is 60.5 cm³/mol. The zero-order valence-corrected chi connectivity index (χ0v) is 8.98. The molecule has 0 radical (unpaired) electrons. The monoisotopic (exact) mass is 204 g/mol. The van der Waals surface area contributed by atoms with Crippen molar-refractivity contribution in [2.45, 2.75) is 20.0 Å². The van der Waals surface area contributed by atoms with E-state index in [-0.39, 0.29) is 5.78 Å². The normalized spacial score (nSPS) is 10.7. The summed E-state index contributed by atoms with van der Waals surface area (Å²) in [6.45, 7) is 2.92. The molecule has 15 heavy (non-hydrogen) atoms. The van der Waals surface area contributed by atoms with Crippen LogP contribution in [-0.4, -0.2) is 12.4 Å². The Balaban J connectivity index is 2.17. The number of ether oxygens (including phenoxy) is 1. The lowest BCUT2D eigenvalue weighted by molar-refractivity contribution is -0.114. The number of rotatable bonds is 6. The van der Waals surface area contributed by atoms with Gasteiger partial charge in [0.05, 0.1) is 13.2 Å². The van der Waals surface area contributed by atoms with Crippen LogP contribution in [0.2, 0.25) is 0 Å². The van der Waals surface area contributed by atoms with Crippen LogP contribution >= 0.6 is 0 Å². The molecule has 1 aromatic rings. The minimum Gasteiger partial charge on any atom is -0.373 e. The van der Waals surface area contributed by atoms with Crippen molar-refractivity contribution in [3.63, 3.8) is 0 Å². The average Bonchev–Trinajstić information content (AvgIpc) is 2.29. The molecule has 0 aromatic heterocycles. The zero-order valence-electron chi connectivity index (χ0n) is 8.98. The van der Waals surface area contributed by atoms with Crippen LogP contribution in [-0.2, 0) is 16.1 Å². The smallest absolute Gasteiger partial charge is 0.155 e. The molecule has 1 aromatic carbocycles. The summed E-state index contributed by atoms with van der Waals surface area (Å²) in [4.78, 5) is 10.9. The highest BCUT2D eigenvalue weighted by Gasteiger charge is 1.90. The number of benzene rings is 1. The van der Waals surface area contributed by atoms with Crippen LogP contribution in [0.25, 0.3) is 0 Å². The molecule has 0 aliphatic rings. The summed E-state index contributed by atoms with van der Waals surface area (Å²) < 4.78 is 5.38. The molecule has 0 atom stereocenters. The fourth-order valence-corrected chi connectivity index (χ4v) is 1.12. The number of carbonyl (C=O) groups is 1. The molecular weight excluding hydrogens is 188 g/mol. The van der Waals surface area contributed by atoms with Gasteiger partial charge in [0.1, 0.15) is 0 Å². The van der Waals surface area contributed by atoms with Crippen LogP contribution in [0.15, 0.2) is 42.5 Å².